The van der Waals surface area contributed by atoms with Crippen molar-refractivity contribution in [1.82, 2.24) is 10.2 Å². The smallest absolute Gasteiger partial charge is 0.243 e. The number of hydrogen-bond donors (Lipinski definition) is 1. The van der Waals surface area contributed by atoms with Gasteiger partial charge in [-0.25, -0.2) is 8.42 Å². The molecular weight excluding hydrogens is 625 g/mol. The summed E-state index contributed by atoms with van der Waals surface area (Å²) >= 11 is 12.4. The van der Waals surface area contributed by atoms with Gasteiger partial charge in [-0.15, -0.1) is 0 Å². The number of benzene rings is 3. The van der Waals surface area contributed by atoms with E-state index in [9.17, 15) is 18.0 Å². The van der Waals surface area contributed by atoms with Crippen molar-refractivity contribution < 1.29 is 27.5 Å². The van der Waals surface area contributed by atoms with Crippen LogP contribution in [0.4, 0.5) is 5.69 Å². The third-order valence-corrected chi connectivity index (χ3v) is 8.94. The van der Waals surface area contributed by atoms with Gasteiger partial charge in [0.15, 0.2) is 11.5 Å². The molecule has 3 aromatic rings. The standard InChI is InChI=1S/C32H37Cl2N3O6S/c1-22(2)35-32(39)28(19-23-8-5-4-6-9-23)36(21-24-11-13-26(33)27(34)18-24)31(38)10-7-15-37(44(3,40)41)25-12-14-29-30(20-25)43-17-16-42-29/h4-6,8-9,11-14,18,20,22,28H,7,10,15-17,19,21H2,1-3H3,(H,35,39)/t28-/m1/s1. The van der Waals surface area contributed by atoms with E-state index in [4.69, 9.17) is 32.7 Å². The van der Waals surface area contributed by atoms with Crippen LogP contribution in [-0.2, 0) is 32.6 Å². The Hall–Kier alpha value is -3.47. The van der Waals surface area contributed by atoms with Crippen LogP contribution in [0.15, 0.2) is 66.7 Å². The van der Waals surface area contributed by atoms with E-state index in [0.717, 1.165) is 11.8 Å². The number of rotatable bonds is 13. The molecule has 3 aromatic carbocycles. The molecule has 1 atom stereocenters. The molecule has 12 heteroatoms. The Morgan fingerprint density at radius 1 is 0.909 bits per heavy atom. The van der Waals surface area contributed by atoms with Crippen LogP contribution in [0.25, 0.3) is 0 Å². The molecule has 0 unspecified atom stereocenters. The maximum absolute atomic E-state index is 14.0. The van der Waals surface area contributed by atoms with Crippen LogP contribution in [0.3, 0.4) is 0 Å². The zero-order chi connectivity index (χ0) is 31.9. The van der Waals surface area contributed by atoms with Crippen molar-refractivity contribution in [2.75, 3.05) is 30.3 Å². The quantitative estimate of drug-likeness (QED) is 0.260. The molecule has 0 spiro atoms. The predicted octanol–water partition coefficient (Wildman–Crippen LogP) is 5.48. The molecule has 0 fully saturated rings. The average molecular weight is 663 g/mol. The Balaban J connectivity index is 1.59. The number of amides is 2. The SMILES string of the molecule is CC(C)NC(=O)[C@@H](Cc1ccccc1)N(Cc1ccc(Cl)c(Cl)c1)C(=O)CCCN(c1ccc2c(c1)OCCO2)S(C)(=O)=O. The summed E-state index contributed by atoms with van der Waals surface area (Å²) in [4.78, 5) is 29.1. The molecule has 1 aliphatic heterocycles. The number of ether oxygens (including phenoxy) is 2. The molecule has 0 aliphatic carbocycles. The summed E-state index contributed by atoms with van der Waals surface area (Å²) in [6.07, 6.45) is 1.62. The maximum atomic E-state index is 14.0. The number of anilines is 1. The van der Waals surface area contributed by atoms with Gasteiger partial charge in [-0.2, -0.15) is 0 Å². The van der Waals surface area contributed by atoms with Crippen molar-refractivity contribution in [1.29, 1.82) is 0 Å². The highest BCUT2D eigenvalue weighted by molar-refractivity contribution is 7.92. The first-order valence-corrected chi connectivity index (χ1v) is 17.0. The number of halogens is 2. The minimum atomic E-state index is -3.68. The first-order valence-electron chi connectivity index (χ1n) is 14.4. The molecule has 0 saturated carbocycles. The van der Waals surface area contributed by atoms with Crippen molar-refractivity contribution in [3.8, 4) is 11.5 Å². The van der Waals surface area contributed by atoms with E-state index in [2.05, 4.69) is 5.32 Å². The Morgan fingerprint density at radius 3 is 2.27 bits per heavy atom. The van der Waals surface area contributed by atoms with Gasteiger partial charge in [0.1, 0.15) is 19.3 Å². The average Bonchev–Trinajstić information content (AvgIpc) is 2.98. The van der Waals surface area contributed by atoms with Gasteiger partial charge in [-0.1, -0.05) is 59.6 Å². The van der Waals surface area contributed by atoms with Gasteiger partial charge in [0, 0.05) is 38.0 Å². The van der Waals surface area contributed by atoms with Crippen LogP contribution in [0.5, 0.6) is 11.5 Å². The molecule has 1 N–H and O–H groups in total. The lowest BCUT2D eigenvalue weighted by atomic mass is 10.0. The van der Waals surface area contributed by atoms with Gasteiger partial charge in [-0.3, -0.25) is 13.9 Å². The first-order chi connectivity index (χ1) is 20.9. The van der Waals surface area contributed by atoms with Crippen LogP contribution in [0.1, 0.15) is 37.8 Å². The van der Waals surface area contributed by atoms with Crippen molar-refractivity contribution >= 4 is 50.7 Å². The Morgan fingerprint density at radius 2 is 1.61 bits per heavy atom. The summed E-state index contributed by atoms with van der Waals surface area (Å²) in [5.74, 6) is 0.426. The summed E-state index contributed by atoms with van der Waals surface area (Å²) in [7, 11) is -3.68. The second-order valence-electron chi connectivity index (χ2n) is 10.9. The lowest BCUT2D eigenvalue weighted by Crippen LogP contribution is -2.51. The van der Waals surface area contributed by atoms with E-state index in [1.807, 2.05) is 44.2 Å². The third-order valence-electron chi connectivity index (χ3n) is 7.00. The number of fused-ring (bicyclic) bond motifs is 1. The minimum absolute atomic E-state index is 0.00184. The minimum Gasteiger partial charge on any atom is -0.486 e. The fraction of sp³-hybridized carbons (Fsp3) is 0.375. The Labute approximate surface area is 269 Å². The second-order valence-corrected chi connectivity index (χ2v) is 13.6. The van der Waals surface area contributed by atoms with E-state index in [1.54, 1.807) is 41.3 Å². The molecular formula is C32H37Cl2N3O6S. The summed E-state index contributed by atoms with van der Waals surface area (Å²) in [5.41, 5.74) is 2.01. The van der Waals surface area contributed by atoms with Crippen LogP contribution in [0.2, 0.25) is 10.0 Å². The predicted molar refractivity (Wildman–Crippen MR) is 173 cm³/mol. The van der Waals surface area contributed by atoms with Crippen LogP contribution < -0.4 is 19.1 Å². The molecule has 2 amide bonds. The van der Waals surface area contributed by atoms with Gasteiger partial charge < -0.3 is 19.7 Å². The highest BCUT2D eigenvalue weighted by Gasteiger charge is 2.31. The zero-order valence-electron chi connectivity index (χ0n) is 25.0. The first kappa shape index (κ1) is 33.4. The number of hydrogen-bond acceptors (Lipinski definition) is 6. The fourth-order valence-corrected chi connectivity index (χ4v) is 6.24. The van der Waals surface area contributed by atoms with Gasteiger partial charge in [0.25, 0.3) is 0 Å². The number of sulfonamides is 1. The van der Waals surface area contributed by atoms with E-state index in [0.29, 0.717) is 52.4 Å². The number of carbonyl (C=O) groups is 2. The normalized spacial score (nSPS) is 13.3. The van der Waals surface area contributed by atoms with Gasteiger partial charge in [0.2, 0.25) is 21.8 Å². The molecule has 0 radical (unpaired) electrons. The molecule has 1 aliphatic rings. The van der Waals surface area contributed by atoms with E-state index >= 15 is 0 Å². The highest BCUT2D eigenvalue weighted by Crippen LogP contribution is 2.35. The Kier molecular flexibility index (Phi) is 11.4. The van der Waals surface area contributed by atoms with Gasteiger partial charge in [0.05, 0.1) is 22.0 Å². The molecule has 1 heterocycles. The van der Waals surface area contributed by atoms with Crippen molar-refractivity contribution in [2.24, 2.45) is 0 Å². The monoisotopic (exact) mass is 661 g/mol. The van der Waals surface area contributed by atoms with E-state index in [1.165, 1.54) is 4.31 Å². The molecule has 9 nitrogen and oxygen atoms in total. The lowest BCUT2D eigenvalue weighted by Gasteiger charge is -2.32. The lowest BCUT2D eigenvalue weighted by molar-refractivity contribution is -0.141. The van der Waals surface area contributed by atoms with Gasteiger partial charge >= 0.3 is 0 Å². The van der Waals surface area contributed by atoms with Crippen LogP contribution in [0, 0.1) is 0 Å². The van der Waals surface area contributed by atoms with Crippen LogP contribution in [-0.4, -0.2) is 63.2 Å². The van der Waals surface area contributed by atoms with E-state index in [-0.39, 0.29) is 43.8 Å². The summed E-state index contributed by atoms with van der Waals surface area (Å²) in [5, 5.41) is 3.68. The molecule has 236 valence electrons. The molecule has 0 bridgehead atoms. The topological polar surface area (TPSA) is 105 Å². The summed E-state index contributed by atoms with van der Waals surface area (Å²) in [6, 6.07) is 18.6. The number of nitrogens with one attached hydrogen (secondary N) is 1. The maximum Gasteiger partial charge on any atom is 0.243 e. The fourth-order valence-electron chi connectivity index (χ4n) is 4.96. The molecule has 0 saturated heterocycles. The van der Waals surface area contributed by atoms with E-state index < -0.39 is 16.1 Å². The van der Waals surface area contributed by atoms with Gasteiger partial charge in [-0.05, 0) is 55.7 Å². The van der Waals surface area contributed by atoms with Crippen molar-refractivity contribution in [3.63, 3.8) is 0 Å². The molecule has 4 rings (SSSR count). The molecule has 44 heavy (non-hydrogen) atoms. The Bertz CT molecular complexity index is 1570. The van der Waals surface area contributed by atoms with Crippen LogP contribution >= 0.6 is 23.2 Å². The third kappa shape index (κ3) is 9.03. The molecule has 0 aromatic heterocycles. The largest absolute Gasteiger partial charge is 0.486 e. The summed E-state index contributed by atoms with van der Waals surface area (Å²) < 4.78 is 38.0. The zero-order valence-corrected chi connectivity index (χ0v) is 27.3. The second kappa shape index (κ2) is 15.0. The number of carbonyl (C=O) groups excluding carboxylic acids is 2. The van der Waals surface area contributed by atoms with Crippen molar-refractivity contribution in [3.05, 3.63) is 87.9 Å². The van der Waals surface area contributed by atoms with Crippen molar-refractivity contribution in [2.45, 2.75) is 51.7 Å². The number of nitrogens with zero attached hydrogens (tertiary/aromatic N) is 2. The summed E-state index contributed by atoms with van der Waals surface area (Å²) in [6.45, 7) is 4.67. The highest BCUT2D eigenvalue weighted by atomic mass is 35.5.